The van der Waals surface area contributed by atoms with Gasteiger partial charge in [0.05, 0.1) is 6.42 Å². The smallest absolute Gasteiger partial charge is 0.282 e. The molecule has 0 heterocycles. The molecule has 150 valence electrons. The van der Waals surface area contributed by atoms with E-state index in [1.807, 2.05) is 0 Å². The normalized spacial score (nSPS) is 15.1. The van der Waals surface area contributed by atoms with Crippen LogP contribution in [-0.4, -0.2) is 31.2 Å². The predicted molar refractivity (Wildman–Crippen MR) is 78.2 cm³/mol. The molecular formula is C15H10F8O3S. The van der Waals surface area contributed by atoms with Crippen LogP contribution in [0.3, 0.4) is 0 Å². The van der Waals surface area contributed by atoms with Gasteiger partial charge in [-0.05, 0) is 5.39 Å². The molecule has 0 aliphatic carbocycles. The van der Waals surface area contributed by atoms with Gasteiger partial charge >= 0.3 is 18.0 Å². The van der Waals surface area contributed by atoms with Crippen molar-refractivity contribution in [3.8, 4) is 0 Å². The Hall–Kier alpha value is -1.95. The van der Waals surface area contributed by atoms with Crippen LogP contribution in [0.25, 0.3) is 10.8 Å². The third-order valence-corrected chi connectivity index (χ3v) is 4.65. The first-order valence-corrected chi connectivity index (χ1v) is 8.49. The summed E-state index contributed by atoms with van der Waals surface area (Å²) < 4.78 is 139. The Balaban J connectivity index is 2.73. The molecule has 0 saturated carbocycles. The Kier molecular flexibility index (Phi) is 5.21. The molecule has 1 N–H and O–H groups in total. The van der Waals surface area contributed by atoms with Gasteiger partial charge in [-0.3, -0.25) is 4.55 Å². The lowest BCUT2D eigenvalue weighted by Crippen LogP contribution is -2.48. The van der Waals surface area contributed by atoms with Crippen molar-refractivity contribution < 1.29 is 48.1 Å². The lowest BCUT2D eigenvalue weighted by Gasteiger charge is -2.31. The van der Waals surface area contributed by atoms with Crippen LogP contribution in [0.2, 0.25) is 0 Å². The highest BCUT2D eigenvalue weighted by Crippen LogP contribution is 2.50. The number of fused-ring (bicyclic) bond motifs is 1. The van der Waals surface area contributed by atoms with E-state index in [0.29, 0.717) is 0 Å². The van der Waals surface area contributed by atoms with E-state index >= 15 is 0 Å². The molecule has 0 saturated heterocycles. The fourth-order valence-electron chi connectivity index (χ4n) is 2.48. The highest BCUT2D eigenvalue weighted by molar-refractivity contribution is 7.86. The lowest BCUT2D eigenvalue weighted by atomic mass is 9.95. The minimum Gasteiger partial charge on any atom is -0.282 e. The fourth-order valence-corrected chi connectivity index (χ4v) is 3.41. The van der Waals surface area contributed by atoms with E-state index in [9.17, 15) is 48.1 Å². The molecule has 0 amide bonds. The molecule has 0 bridgehead atoms. The molecule has 2 aromatic carbocycles. The summed E-state index contributed by atoms with van der Waals surface area (Å²) in [6.45, 7) is 0. The lowest BCUT2D eigenvalue weighted by molar-refractivity contribution is -0.264. The topological polar surface area (TPSA) is 54.4 Å². The third kappa shape index (κ3) is 4.00. The molecule has 2 aromatic rings. The van der Waals surface area contributed by atoms with Crippen molar-refractivity contribution in [2.75, 3.05) is 0 Å². The molecule has 2 rings (SSSR count). The van der Waals surface area contributed by atoms with Crippen LogP contribution < -0.4 is 0 Å². The maximum atomic E-state index is 14.3. The molecule has 0 aliphatic rings. The van der Waals surface area contributed by atoms with Gasteiger partial charge in [0.1, 0.15) is 4.90 Å². The van der Waals surface area contributed by atoms with Crippen LogP contribution in [0.15, 0.2) is 41.3 Å². The van der Waals surface area contributed by atoms with Crippen LogP contribution in [0.1, 0.15) is 12.0 Å². The van der Waals surface area contributed by atoms with Gasteiger partial charge in [-0.1, -0.05) is 36.4 Å². The van der Waals surface area contributed by atoms with Crippen molar-refractivity contribution >= 4 is 20.9 Å². The predicted octanol–water partition coefficient (Wildman–Crippen LogP) is 5.10. The number of rotatable bonds is 5. The zero-order valence-electron chi connectivity index (χ0n) is 12.9. The summed E-state index contributed by atoms with van der Waals surface area (Å²) in [7, 11) is -5.52. The standard InChI is InChI=1S/C15H10F8O3S/c16-11(7-13(17,18)19)15(22,23)14(20,21)10-6-5-8-3-1-2-4-9(8)12(10)27(24,25)26/h1-6,11H,7H2,(H,24,25,26). The second-order valence-electron chi connectivity index (χ2n) is 5.62. The van der Waals surface area contributed by atoms with Crippen LogP contribution >= 0.6 is 0 Å². The number of alkyl halides is 8. The van der Waals surface area contributed by atoms with E-state index in [4.69, 9.17) is 0 Å². The molecule has 27 heavy (non-hydrogen) atoms. The number of halogens is 8. The summed E-state index contributed by atoms with van der Waals surface area (Å²) in [6.07, 6.45) is -12.7. The summed E-state index contributed by atoms with van der Waals surface area (Å²) in [4.78, 5) is -1.63. The zero-order chi connectivity index (χ0) is 20.8. The average molecular weight is 422 g/mol. The van der Waals surface area contributed by atoms with Gasteiger partial charge in [-0.15, -0.1) is 0 Å². The number of benzene rings is 2. The SMILES string of the molecule is O=S(=O)(O)c1c(C(F)(F)C(F)(F)C(F)CC(F)(F)F)ccc2ccccc12. The van der Waals surface area contributed by atoms with Crippen LogP contribution in [0.4, 0.5) is 35.1 Å². The van der Waals surface area contributed by atoms with Gasteiger partial charge < -0.3 is 0 Å². The van der Waals surface area contributed by atoms with Crippen molar-refractivity contribution in [3.63, 3.8) is 0 Å². The summed E-state index contributed by atoms with van der Waals surface area (Å²) in [5, 5.41) is -0.626. The highest BCUT2D eigenvalue weighted by Gasteiger charge is 2.65. The van der Waals surface area contributed by atoms with Crippen LogP contribution in [0.5, 0.6) is 0 Å². The maximum Gasteiger partial charge on any atom is 0.392 e. The molecular weight excluding hydrogens is 412 g/mol. The first-order valence-electron chi connectivity index (χ1n) is 7.05. The van der Waals surface area contributed by atoms with Crippen molar-refractivity contribution in [2.24, 2.45) is 0 Å². The quantitative estimate of drug-likeness (QED) is 0.539. The van der Waals surface area contributed by atoms with E-state index in [-0.39, 0.29) is 11.5 Å². The van der Waals surface area contributed by atoms with Gasteiger partial charge in [-0.2, -0.15) is 39.2 Å². The largest absolute Gasteiger partial charge is 0.392 e. The van der Waals surface area contributed by atoms with Gasteiger partial charge in [0.2, 0.25) is 0 Å². The second-order valence-corrected chi connectivity index (χ2v) is 6.98. The summed E-state index contributed by atoms with van der Waals surface area (Å²) >= 11 is 0. The first kappa shape index (κ1) is 21.4. The fraction of sp³-hybridized carbons (Fsp3) is 0.333. The van der Waals surface area contributed by atoms with Crippen LogP contribution in [-0.2, 0) is 16.0 Å². The van der Waals surface area contributed by atoms with Crippen molar-refractivity contribution in [3.05, 3.63) is 42.0 Å². The summed E-state index contributed by atoms with van der Waals surface area (Å²) in [6, 6.07) is 5.62. The minimum atomic E-state index is -5.91. The number of hydrogen-bond donors (Lipinski definition) is 1. The Morgan fingerprint density at radius 2 is 1.48 bits per heavy atom. The molecule has 1 atom stereocenters. The molecule has 12 heteroatoms. The molecule has 0 fully saturated rings. The van der Waals surface area contributed by atoms with Crippen molar-refractivity contribution in [1.82, 2.24) is 0 Å². The molecule has 0 aliphatic heterocycles. The van der Waals surface area contributed by atoms with E-state index in [2.05, 4.69) is 0 Å². The van der Waals surface area contributed by atoms with Gasteiger partial charge in [0.25, 0.3) is 10.1 Å². The monoisotopic (exact) mass is 422 g/mol. The Labute approximate surface area is 147 Å². The van der Waals surface area contributed by atoms with Gasteiger partial charge in [0, 0.05) is 10.9 Å². The Morgan fingerprint density at radius 3 is 2.00 bits per heavy atom. The summed E-state index contributed by atoms with van der Waals surface area (Å²) in [5.74, 6) is -11.6. The average Bonchev–Trinajstić information content (AvgIpc) is 2.50. The molecule has 3 nitrogen and oxygen atoms in total. The van der Waals surface area contributed by atoms with Crippen molar-refractivity contribution in [1.29, 1.82) is 0 Å². The molecule has 0 spiro atoms. The molecule has 0 radical (unpaired) electrons. The van der Waals surface area contributed by atoms with E-state index < -0.39 is 56.6 Å². The first-order chi connectivity index (χ1) is 12.1. The van der Waals surface area contributed by atoms with Gasteiger partial charge in [0.15, 0.2) is 6.17 Å². The van der Waals surface area contributed by atoms with E-state index in [1.165, 1.54) is 12.1 Å². The van der Waals surface area contributed by atoms with E-state index in [0.717, 1.165) is 18.2 Å². The van der Waals surface area contributed by atoms with E-state index in [1.54, 1.807) is 0 Å². The van der Waals surface area contributed by atoms with Gasteiger partial charge in [-0.25, -0.2) is 4.39 Å². The summed E-state index contributed by atoms with van der Waals surface area (Å²) in [5.41, 5.74) is -2.02. The third-order valence-electron chi connectivity index (χ3n) is 3.70. The van der Waals surface area contributed by atoms with Crippen molar-refractivity contribution in [2.45, 2.75) is 35.5 Å². The minimum absolute atomic E-state index is 0.0416. The Bertz CT molecular complexity index is 953. The second kappa shape index (κ2) is 6.59. The maximum absolute atomic E-state index is 14.3. The molecule has 1 unspecified atom stereocenters. The number of hydrogen-bond acceptors (Lipinski definition) is 2. The Morgan fingerprint density at radius 1 is 0.926 bits per heavy atom. The zero-order valence-corrected chi connectivity index (χ0v) is 13.8. The molecule has 0 aromatic heterocycles. The highest BCUT2D eigenvalue weighted by atomic mass is 32.2. The van der Waals surface area contributed by atoms with Crippen LogP contribution in [0, 0.1) is 0 Å².